The third-order valence-electron chi connectivity index (χ3n) is 2.51. The van der Waals surface area contributed by atoms with Gasteiger partial charge in [0.25, 0.3) is 0 Å². The molecule has 2 rings (SSSR count). The third kappa shape index (κ3) is 0.566. The van der Waals surface area contributed by atoms with Crippen LogP contribution in [0.15, 0.2) is 18.2 Å². The molecule has 0 aliphatic heterocycles. The standard InChI is InChI=1S/C10H12/c1-3-7(2)10-6-8-4-5-9(8)10/h4-7H,3H2,1-2H3. The summed E-state index contributed by atoms with van der Waals surface area (Å²) < 4.78 is 0. The second-order valence-corrected chi connectivity index (χ2v) is 3.11. The lowest BCUT2D eigenvalue weighted by molar-refractivity contribution is 0.729. The molecule has 0 saturated heterocycles. The summed E-state index contributed by atoms with van der Waals surface area (Å²) >= 11 is 0. The molecule has 0 aromatic rings. The lowest BCUT2D eigenvalue weighted by atomic mass is 9.80. The predicted molar refractivity (Wildman–Crippen MR) is 44.1 cm³/mol. The Kier molecular flexibility index (Phi) is 1.10. The summed E-state index contributed by atoms with van der Waals surface area (Å²) in [6, 6.07) is 6.71. The molecule has 2 aliphatic rings. The van der Waals surface area contributed by atoms with Crippen LogP contribution in [0.5, 0.6) is 0 Å². The fraction of sp³-hybridized carbons (Fsp3) is 0.400. The zero-order valence-electron chi connectivity index (χ0n) is 6.52. The van der Waals surface area contributed by atoms with Gasteiger partial charge in [0.05, 0.1) is 0 Å². The Balaban J connectivity index is 2.26. The van der Waals surface area contributed by atoms with Crippen LogP contribution < -0.4 is 0 Å². The van der Waals surface area contributed by atoms with E-state index in [9.17, 15) is 0 Å². The van der Waals surface area contributed by atoms with E-state index >= 15 is 0 Å². The lowest BCUT2D eigenvalue weighted by Gasteiger charge is -2.24. The van der Waals surface area contributed by atoms with Crippen LogP contribution in [0.25, 0.3) is 11.1 Å². The van der Waals surface area contributed by atoms with Gasteiger partial charge in [-0.1, -0.05) is 32.0 Å². The van der Waals surface area contributed by atoms with Crippen molar-refractivity contribution in [2.75, 3.05) is 0 Å². The molecule has 0 aromatic heterocycles. The van der Waals surface area contributed by atoms with Gasteiger partial charge in [-0.25, -0.2) is 0 Å². The van der Waals surface area contributed by atoms with Crippen LogP contribution in [0.4, 0.5) is 0 Å². The Hall–Kier alpha value is -0.780. The highest BCUT2D eigenvalue weighted by Gasteiger charge is 2.19. The first-order chi connectivity index (χ1) is 4.83. The van der Waals surface area contributed by atoms with Crippen molar-refractivity contribution in [2.45, 2.75) is 26.2 Å². The van der Waals surface area contributed by atoms with E-state index < -0.39 is 0 Å². The second kappa shape index (κ2) is 1.85. The number of hydrogen-bond donors (Lipinski definition) is 0. The molecule has 0 bridgehead atoms. The summed E-state index contributed by atoms with van der Waals surface area (Å²) in [5, 5.41) is 0. The molecule has 10 heavy (non-hydrogen) atoms. The van der Waals surface area contributed by atoms with Crippen molar-refractivity contribution in [2.24, 2.45) is 0 Å². The molecule has 0 heteroatoms. The number of benzene rings is 1. The second-order valence-electron chi connectivity index (χ2n) is 3.11. The molecular weight excluding hydrogens is 120 g/mol. The average Bonchev–Trinajstić information content (AvgIpc) is 1.93. The summed E-state index contributed by atoms with van der Waals surface area (Å²) in [7, 11) is 0. The quantitative estimate of drug-likeness (QED) is 0.588. The summed E-state index contributed by atoms with van der Waals surface area (Å²) in [6.07, 6.45) is 1.26. The zero-order valence-corrected chi connectivity index (χ0v) is 6.52. The summed E-state index contributed by atoms with van der Waals surface area (Å²) in [5.74, 6) is 0.767. The molecule has 1 atom stereocenters. The minimum atomic E-state index is 0.767. The molecule has 0 fully saturated rings. The Labute approximate surface area is 61.9 Å². The summed E-state index contributed by atoms with van der Waals surface area (Å²) in [4.78, 5) is 0. The van der Waals surface area contributed by atoms with Crippen molar-refractivity contribution in [1.82, 2.24) is 0 Å². The number of fused-ring (bicyclic) bond motifs is 1. The maximum absolute atomic E-state index is 2.31. The number of hydrogen-bond acceptors (Lipinski definition) is 0. The largest absolute Gasteiger partial charge is 0.0648 e. The molecule has 1 unspecified atom stereocenters. The Morgan fingerprint density at radius 1 is 1.40 bits per heavy atom. The van der Waals surface area contributed by atoms with Gasteiger partial charge in [0, 0.05) is 0 Å². The predicted octanol–water partition coefficient (Wildman–Crippen LogP) is 3.18. The van der Waals surface area contributed by atoms with Crippen LogP contribution in [0, 0.1) is 0 Å². The maximum atomic E-state index is 2.31. The van der Waals surface area contributed by atoms with Crippen LogP contribution in [-0.2, 0) is 0 Å². The van der Waals surface area contributed by atoms with Gasteiger partial charge in [-0.15, -0.1) is 0 Å². The summed E-state index contributed by atoms with van der Waals surface area (Å²) in [5.41, 5.74) is 4.56. The number of rotatable bonds is 2. The average molecular weight is 132 g/mol. The highest BCUT2D eigenvalue weighted by Crippen LogP contribution is 2.41. The van der Waals surface area contributed by atoms with E-state index in [1.54, 1.807) is 5.56 Å². The van der Waals surface area contributed by atoms with Gasteiger partial charge in [0.1, 0.15) is 0 Å². The van der Waals surface area contributed by atoms with E-state index in [-0.39, 0.29) is 0 Å². The first kappa shape index (κ1) is 5.96. The molecule has 2 aliphatic carbocycles. The van der Waals surface area contributed by atoms with Gasteiger partial charge in [0.2, 0.25) is 0 Å². The van der Waals surface area contributed by atoms with Crippen LogP contribution in [0.1, 0.15) is 31.7 Å². The molecule has 0 saturated carbocycles. The lowest BCUT2D eigenvalue weighted by Crippen LogP contribution is -2.03. The van der Waals surface area contributed by atoms with Crippen LogP contribution in [0.3, 0.4) is 0 Å². The normalized spacial score (nSPS) is 15.0. The molecule has 0 heterocycles. The molecular formula is C10H12. The van der Waals surface area contributed by atoms with E-state index in [1.165, 1.54) is 17.5 Å². The van der Waals surface area contributed by atoms with Crippen LogP contribution in [-0.4, -0.2) is 0 Å². The van der Waals surface area contributed by atoms with Crippen molar-refractivity contribution < 1.29 is 0 Å². The van der Waals surface area contributed by atoms with Gasteiger partial charge in [0.15, 0.2) is 0 Å². The zero-order chi connectivity index (χ0) is 7.14. The highest BCUT2D eigenvalue weighted by atomic mass is 14.2. The Bertz CT molecular complexity index is 261. The van der Waals surface area contributed by atoms with Gasteiger partial charge in [-0.05, 0) is 29.0 Å². The van der Waals surface area contributed by atoms with Crippen molar-refractivity contribution >= 4 is 0 Å². The van der Waals surface area contributed by atoms with Gasteiger partial charge >= 0.3 is 0 Å². The van der Waals surface area contributed by atoms with Crippen molar-refractivity contribution in [3.05, 3.63) is 23.8 Å². The molecule has 0 aromatic carbocycles. The van der Waals surface area contributed by atoms with E-state index in [0.29, 0.717) is 0 Å². The first-order valence-electron chi connectivity index (χ1n) is 3.97. The maximum Gasteiger partial charge on any atom is -0.0149 e. The molecule has 0 radical (unpaired) electrons. The third-order valence-corrected chi connectivity index (χ3v) is 2.51. The molecule has 0 nitrogen and oxygen atoms in total. The minimum absolute atomic E-state index is 0.767. The smallest absolute Gasteiger partial charge is 0.0149 e. The van der Waals surface area contributed by atoms with Crippen LogP contribution >= 0.6 is 0 Å². The molecule has 0 N–H and O–H groups in total. The van der Waals surface area contributed by atoms with E-state index in [2.05, 4.69) is 32.0 Å². The molecule has 52 valence electrons. The van der Waals surface area contributed by atoms with Crippen LogP contribution in [0.2, 0.25) is 0 Å². The first-order valence-corrected chi connectivity index (χ1v) is 3.97. The fourth-order valence-corrected chi connectivity index (χ4v) is 1.45. The van der Waals surface area contributed by atoms with Gasteiger partial charge in [-0.2, -0.15) is 0 Å². The SMILES string of the molecule is CCC(C)c1cc2ccc1-2. The van der Waals surface area contributed by atoms with E-state index in [0.717, 1.165) is 5.92 Å². The topological polar surface area (TPSA) is 0 Å². The Morgan fingerprint density at radius 3 is 2.50 bits per heavy atom. The van der Waals surface area contributed by atoms with Gasteiger partial charge < -0.3 is 0 Å². The Morgan fingerprint density at radius 2 is 2.20 bits per heavy atom. The van der Waals surface area contributed by atoms with E-state index in [4.69, 9.17) is 0 Å². The molecule has 0 spiro atoms. The monoisotopic (exact) mass is 132 g/mol. The fourth-order valence-electron chi connectivity index (χ4n) is 1.45. The van der Waals surface area contributed by atoms with Gasteiger partial charge in [-0.3, -0.25) is 0 Å². The van der Waals surface area contributed by atoms with Crippen molar-refractivity contribution in [1.29, 1.82) is 0 Å². The highest BCUT2D eigenvalue weighted by molar-refractivity contribution is 5.81. The van der Waals surface area contributed by atoms with Crippen molar-refractivity contribution in [3.8, 4) is 11.1 Å². The molecule has 0 amide bonds. The summed E-state index contributed by atoms with van der Waals surface area (Å²) in [6.45, 7) is 4.54. The van der Waals surface area contributed by atoms with E-state index in [1.807, 2.05) is 0 Å². The van der Waals surface area contributed by atoms with Crippen molar-refractivity contribution in [3.63, 3.8) is 0 Å². The minimum Gasteiger partial charge on any atom is -0.0648 e.